The summed E-state index contributed by atoms with van der Waals surface area (Å²) in [5.41, 5.74) is 6.39. The number of aromatic hydroxyl groups is 1. The van der Waals surface area contributed by atoms with Crippen molar-refractivity contribution in [2.75, 3.05) is 0 Å². The Balaban J connectivity index is 0.00000400. The number of aryl methyl sites for hydroxylation is 1. The number of nitriles is 1. The number of para-hydroxylation sites is 2. The van der Waals surface area contributed by atoms with Crippen molar-refractivity contribution in [3.05, 3.63) is 120 Å². The van der Waals surface area contributed by atoms with E-state index in [1.165, 1.54) is 6.20 Å². The van der Waals surface area contributed by atoms with E-state index in [1.807, 2.05) is 65.2 Å². The summed E-state index contributed by atoms with van der Waals surface area (Å²) in [6.45, 7) is 3.96. The molecule has 0 spiro atoms. The third kappa shape index (κ3) is 5.39. The van der Waals surface area contributed by atoms with Gasteiger partial charge in [0.15, 0.2) is 0 Å². The van der Waals surface area contributed by atoms with Crippen molar-refractivity contribution in [1.82, 2.24) is 14.5 Å². The molecule has 2 aromatic heterocycles. The summed E-state index contributed by atoms with van der Waals surface area (Å²) >= 11 is 0. The number of hydrogen-bond donors (Lipinski definition) is 1. The van der Waals surface area contributed by atoms with E-state index < -0.39 is 6.85 Å². The van der Waals surface area contributed by atoms with Crippen LogP contribution in [0.4, 0.5) is 0 Å². The average Bonchev–Trinajstić information content (AvgIpc) is 3.40. The predicted molar refractivity (Wildman–Crippen MR) is 164 cm³/mol. The van der Waals surface area contributed by atoms with Crippen LogP contribution in [-0.2, 0) is 26.5 Å². The van der Waals surface area contributed by atoms with Crippen LogP contribution in [0.5, 0.6) is 5.75 Å². The van der Waals surface area contributed by atoms with Crippen molar-refractivity contribution in [3.63, 3.8) is 0 Å². The van der Waals surface area contributed by atoms with Gasteiger partial charge in [0, 0.05) is 48.3 Å². The third-order valence-corrected chi connectivity index (χ3v) is 7.13. The van der Waals surface area contributed by atoms with Gasteiger partial charge in [-0.3, -0.25) is 9.55 Å². The van der Waals surface area contributed by atoms with Gasteiger partial charge < -0.3 is 5.11 Å². The number of phenols is 1. The second-order valence-corrected chi connectivity index (χ2v) is 11.0. The molecule has 6 aromatic rings. The van der Waals surface area contributed by atoms with Crippen LogP contribution in [0.15, 0.2) is 97.2 Å². The van der Waals surface area contributed by atoms with E-state index in [2.05, 4.69) is 37.9 Å². The Morgan fingerprint density at radius 3 is 2.43 bits per heavy atom. The maximum absolute atomic E-state index is 11.1. The molecule has 0 atom stereocenters. The van der Waals surface area contributed by atoms with Crippen LogP contribution < -0.4 is 0 Å². The maximum atomic E-state index is 11.1. The first-order chi connectivity index (χ1) is 20.9. The van der Waals surface area contributed by atoms with Crippen LogP contribution in [0.25, 0.3) is 50.5 Å². The smallest absolute Gasteiger partial charge is 0.148 e. The van der Waals surface area contributed by atoms with Crippen molar-refractivity contribution in [2.45, 2.75) is 33.0 Å². The molecule has 0 fully saturated rings. The minimum atomic E-state index is -2.40. The summed E-state index contributed by atoms with van der Waals surface area (Å²) in [6.07, 6.45) is 1.52. The van der Waals surface area contributed by atoms with Crippen LogP contribution in [0.3, 0.4) is 0 Å². The number of pyridine rings is 1. The molecule has 4 aromatic carbocycles. The molecule has 0 radical (unpaired) electrons. The van der Waals surface area contributed by atoms with Crippen LogP contribution in [0.1, 0.15) is 41.6 Å². The predicted octanol–water partition coefficient (Wildman–Crippen LogP) is 8.40. The Bertz CT molecular complexity index is 2070. The SMILES string of the molecule is [2H]C([2H])([2H])c1cc(-c2cc(C#N)ccn2)[c-]c(-c2cccc3c2nc(-c2cc(C(C)(C)C)ccc2O)n3-c2ccccc2)c1.[Pt]. The number of benzene rings is 4. The number of fused-ring (bicyclic) bond motifs is 1. The summed E-state index contributed by atoms with van der Waals surface area (Å²) in [5, 5.41) is 20.6. The zero-order chi connectivity index (χ0) is 31.2. The van der Waals surface area contributed by atoms with Crippen LogP contribution in [0, 0.1) is 24.2 Å². The van der Waals surface area contributed by atoms with Gasteiger partial charge in [-0.25, -0.2) is 4.98 Å². The molecule has 6 rings (SSSR count). The van der Waals surface area contributed by atoms with Crippen LogP contribution in [-0.4, -0.2) is 19.6 Å². The molecule has 5 nitrogen and oxygen atoms in total. The quantitative estimate of drug-likeness (QED) is 0.185. The van der Waals surface area contributed by atoms with E-state index in [1.54, 1.807) is 30.3 Å². The normalized spacial score (nSPS) is 12.6. The second-order valence-electron chi connectivity index (χ2n) is 11.0. The molecular weight excluding hydrogens is 700 g/mol. The van der Waals surface area contributed by atoms with E-state index in [0.717, 1.165) is 16.8 Å². The summed E-state index contributed by atoms with van der Waals surface area (Å²) in [6, 6.07) is 33.0. The van der Waals surface area contributed by atoms with Crippen molar-refractivity contribution in [3.8, 4) is 51.3 Å². The zero-order valence-corrected chi connectivity index (χ0v) is 25.6. The fraction of sp³-hybridized carbons (Fsp3) is 0.139. The molecule has 42 heavy (non-hydrogen) atoms. The first-order valence-electron chi connectivity index (χ1n) is 14.8. The minimum Gasteiger partial charge on any atom is -0.507 e. The van der Waals surface area contributed by atoms with Crippen LogP contribution in [0.2, 0.25) is 0 Å². The van der Waals surface area contributed by atoms with Crippen molar-refractivity contribution in [1.29, 1.82) is 5.26 Å². The first kappa shape index (κ1) is 25.2. The Labute approximate surface area is 264 Å². The average molecular weight is 732 g/mol. The molecule has 0 unspecified atom stereocenters. The Hall–Kier alpha value is -4.52. The summed E-state index contributed by atoms with van der Waals surface area (Å²) in [7, 11) is 0. The molecule has 1 N–H and O–H groups in total. The second kappa shape index (κ2) is 11.4. The van der Waals surface area contributed by atoms with E-state index in [9.17, 15) is 10.4 Å². The fourth-order valence-electron chi connectivity index (χ4n) is 5.02. The van der Waals surface area contributed by atoms with Gasteiger partial charge in [-0.15, -0.1) is 29.3 Å². The van der Waals surface area contributed by atoms with Gasteiger partial charge in [0.2, 0.25) is 0 Å². The topological polar surface area (TPSA) is 74.7 Å². The number of nitrogens with zero attached hydrogens (tertiary/aromatic N) is 4. The van der Waals surface area contributed by atoms with Crippen molar-refractivity contribution in [2.24, 2.45) is 0 Å². The fourth-order valence-corrected chi connectivity index (χ4v) is 5.02. The molecule has 0 aliphatic rings. The molecule has 0 bridgehead atoms. The van der Waals surface area contributed by atoms with Crippen molar-refractivity contribution < 1.29 is 30.3 Å². The number of rotatable bonds is 4. The molecule has 0 aliphatic heterocycles. The minimum absolute atomic E-state index is 0. The Kier molecular flexibility index (Phi) is 6.84. The van der Waals surface area contributed by atoms with E-state index in [4.69, 9.17) is 9.10 Å². The van der Waals surface area contributed by atoms with Crippen molar-refractivity contribution >= 4 is 11.0 Å². The van der Waals surface area contributed by atoms with Gasteiger partial charge in [0.05, 0.1) is 22.7 Å². The van der Waals surface area contributed by atoms with E-state index in [-0.39, 0.29) is 37.8 Å². The molecule has 2 heterocycles. The summed E-state index contributed by atoms with van der Waals surface area (Å²) in [4.78, 5) is 9.52. The largest absolute Gasteiger partial charge is 0.507 e. The molecule has 0 aliphatic carbocycles. The number of phenolic OH excluding ortho intramolecular Hbond substituents is 1. The number of hydrogen-bond acceptors (Lipinski definition) is 4. The van der Waals surface area contributed by atoms with Gasteiger partial charge >= 0.3 is 0 Å². The molecule has 210 valence electrons. The van der Waals surface area contributed by atoms with E-state index in [0.29, 0.717) is 44.9 Å². The van der Waals surface area contributed by atoms with Gasteiger partial charge in [0.25, 0.3) is 0 Å². The molecule has 6 heteroatoms. The standard InChI is InChI=1S/C36H29N4O.Pt/c1-23-17-25(20-26(18-23)31-19-24(22-37)15-16-38-31)29-11-8-12-32-34(29)39-35(40(32)28-9-6-5-7-10-28)30-21-27(36(2,3)4)13-14-33(30)41;/h5-19,21,41H,1-4H3;/q-1;/i1D3;. The maximum Gasteiger partial charge on any atom is 0.148 e. The van der Waals surface area contributed by atoms with E-state index >= 15 is 0 Å². The first-order valence-corrected chi connectivity index (χ1v) is 13.3. The van der Waals surface area contributed by atoms with Gasteiger partial charge in [0.1, 0.15) is 11.6 Å². The molecule has 0 saturated heterocycles. The van der Waals surface area contributed by atoms with Crippen LogP contribution >= 0.6 is 0 Å². The third-order valence-electron chi connectivity index (χ3n) is 7.13. The van der Waals surface area contributed by atoms with Gasteiger partial charge in [-0.1, -0.05) is 81.2 Å². The number of imidazole rings is 1. The molecule has 0 amide bonds. The molecule has 0 saturated carbocycles. The van der Waals surface area contributed by atoms with Gasteiger partial charge in [-0.2, -0.15) is 5.26 Å². The Morgan fingerprint density at radius 2 is 1.69 bits per heavy atom. The summed E-state index contributed by atoms with van der Waals surface area (Å²) < 4.78 is 26.6. The summed E-state index contributed by atoms with van der Waals surface area (Å²) in [5.74, 6) is 0.659. The monoisotopic (exact) mass is 731 g/mol. The zero-order valence-electron chi connectivity index (χ0n) is 26.3. The molecular formula is C36H29N4OPt-. The number of aromatic nitrogens is 3. The van der Waals surface area contributed by atoms with Gasteiger partial charge in [-0.05, 0) is 47.4 Å². The Morgan fingerprint density at radius 1 is 0.905 bits per heavy atom.